The normalized spacial score (nSPS) is 12.2. The third-order valence-electron chi connectivity index (χ3n) is 4.56. The smallest absolute Gasteiger partial charge is 0.248 e. The van der Waals surface area contributed by atoms with E-state index in [-0.39, 0.29) is 11.9 Å². The number of fused-ring (bicyclic) bond motifs is 1. The molecule has 1 atom stereocenters. The van der Waals surface area contributed by atoms with Gasteiger partial charge in [0.25, 0.3) is 0 Å². The quantitative estimate of drug-likeness (QED) is 0.554. The van der Waals surface area contributed by atoms with Crippen LogP contribution in [-0.4, -0.2) is 20.4 Å². The number of aromatic nitrogens is 3. The maximum absolute atomic E-state index is 12.7. The lowest BCUT2D eigenvalue weighted by atomic mass is 10.1. The van der Waals surface area contributed by atoms with Crippen LogP contribution in [0, 0.1) is 6.92 Å². The molecule has 1 N–H and O–H groups in total. The van der Waals surface area contributed by atoms with Crippen LogP contribution in [0.15, 0.2) is 61.1 Å². The lowest BCUT2D eigenvalue weighted by molar-refractivity contribution is -0.118. The molecule has 0 fully saturated rings. The monoisotopic (exact) mass is 376 g/mol. The highest BCUT2D eigenvalue weighted by atomic mass is 32.1. The van der Waals surface area contributed by atoms with Gasteiger partial charge in [0.1, 0.15) is 6.04 Å². The Morgan fingerprint density at radius 1 is 1.15 bits per heavy atom. The zero-order valence-corrected chi connectivity index (χ0v) is 16.0. The van der Waals surface area contributed by atoms with E-state index in [4.69, 9.17) is 0 Å². The van der Waals surface area contributed by atoms with E-state index in [0.29, 0.717) is 5.13 Å². The average molecular weight is 376 g/mol. The van der Waals surface area contributed by atoms with Gasteiger partial charge in [0, 0.05) is 17.5 Å². The first-order chi connectivity index (χ1) is 13.1. The van der Waals surface area contributed by atoms with Crippen molar-refractivity contribution in [2.45, 2.75) is 26.3 Å². The van der Waals surface area contributed by atoms with Crippen LogP contribution >= 0.6 is 11.3 Å². The maximum atomic E-state index is 12.7. The van der Waals surface area contributed by atoms with Gasteiger partial charge in [-0.05, 0) is 31.5 Å². The number of imidazole rings is 1. The third-order valence-corrected chi connectivity index (χ3v) is 5.47. The van der Waals surface area contributed by atoms with Crippen LogP contribution in [-0.2, 0) is 11.2 Å². The van der Waals surface area contributed by atoms with Gasteiger partial charge in [0.05, 0.1) is 17.4 Å². The van der Waals surface area contributed by atoms with E-state index in [2.05, 4.69) is 46.5 Å². The van der Waals surface area contributed by atoms with Crippen molar-refractivity contribution in [2.75, 3.05) is 5.32 Å². The molecule has 0 aliphatic rings. The summed E-state index contributed by atoms with van der Waals surface area (Å²) < 4.78 is 1.88. The SMILES string of the molecule is Cc1ccc(Cc2cnc(NC(=O)C(C)n3cnc4ccccc43)s2)cc1. The van der Waals surface area contributed by atoms with Gasteiger partial charge in [0.15, 0.2) is 5.13 Å². The molecular weight excluding hydrogens is 356 g/mol. The molecule has 6 heteroatoms. The molecule has 1 amide bonds. The number of nitrogens with one attached hydrogen (secondary N) is 1. The van der Waals surface area contributed by atoms with E-state index in [1.165, 1.54) is 22.5 Å². The minimum absolute atomic E-state index is 0.102. The summed E-state index contributed by atoms with van der Waals surface area (Å²) in [6.07, 6.45) is 4.35. The number of amides is 1. The molecule has 0 saturated heterocycles. The van der Waals surface area contributed by atoms with Crippen LogP contribution in [0.2, 0.25) is 0 Å². The molecule has 0 aliphatic carbocycles. The van der Waals surface area contributed by atoms with E-state index < -0.39 is 0 Å². The van der Waals surface area contributed by atoms with E-state index in [9.17, 15) is 4.79 Å². The Hall–Kier alpha value is -2.99. The fraction of sp³-hybridized carbons (Fsp3) is 0.190. The molecule has 2 aromatic carbocycles. The lowest BCUT2D eigenvalue weighted by Crippen LogP contribution is -2.23. The highest BCUT2D eigenvalue weighted by Crippen LogP contribution is 2.23. The molecule has 1 unspecified atom stereocenters. The predicted molar refractivity (Wildman–Crippen MR) is 109 cm³/mol. The summed E-state index contributed by atoms with van der Waals surface area (Å²) >= 11 is 1.51. The van der Waals surface area contributed by atoms with Crippen LogP contribution in [0.4, 0.5) is 5.13 Å². The van der Waals surface area contributed by atoms with Crippen molar-refractivity contribution in [3.05, 3.63) is 77.1 Å². The van der Waals surface area contributed by atoms with Gasteiger partial charge in [-0.3, -0.25) is 4.79 Å². The molecule has 0 radical (unpaired) electrons. The average Bonchev–Trinajstić information content (AvgIpc) is 3.30. The Morgan fingerprint density at radius 2 is 1.93 bits per heavy atom. The van der Waals surface area contributed by atoms with E-state index in [0.717, 1.165) is 22.3 Å². The Labute approximate surface area is 161 Å². The summed E-state index contributed by atoms with van der Waals surface area (Å²) in [6, 6.07) is 15.9. The lowest BCUT2D eigenvalue weighted by Gasteiger charge is -2.13. The molecule has 2 aromatic heterocycles. The van der Waals surface area contributed by atoms with Crippen LogP contribution < -0.4 is 5.32 Å². The number of aryl methyl sites for hydroxylation is 1. The summed E-state index contributed by atoms with van der Waals surface area (Å²) in [7, 11) is 0. The summed E-state index contributed by atoms with van der Waals surface area (Å²) in [5.41, 5.74) is 4.31. The predicted octanol–water partition coefficient (Wildman–Crippen LogP) is 4.59. The summed E-state index contributed by atoms with van der Waals surface area (Å²) in [6.45, 7) is 3.94. The van der Waals surface area contributed by atoms with Crippen molar-refractivity contribution in [1.82, 2.24) is 14.5 Å². The molecule has 5 nitrogen and oxygen atoms in total. The van der Waals surface area contributed by atoms with E-state index in [1.807, 2.05) is 42.0 Å². The van der Waals surface area contributed by atoms with Crippen molar-refractivity contribution in [3.63, 3.8) is 0 Å². The van der Waals surface area contributed by atoms with Crippen molar-refractivity contribution >= 4 is 33.4 Å². The number of nitrogens with zero attached hydrogens (tertiary/aromatic N) is 3. The minimum Gasteiger partial charge on any atom is -0.318 e. The number of para-hydroxylation sites is 2. The molecule has 0 saturated carbocycles. The molecule has 27 heavy (non-hydrogen) atoms. The molecule has 0 spiro atoms. The van der Waals surface area contributed by atoms with Crippen molar-refractivity contribution in [3.8, 4) is 0 Å². The first-order valence-electron chi connectivity index (χ1n) is 8.83. The first kappa shape index (κ1) is 17.4. The van der Waals surface area contributed by atoms with E-state index >= 15 is 0 Å². The molecule has 136 valence electrons. The van der Waals surface area contributed by atoms with Crippen LogP contribution in [0.1, 0.15) is 29.0 Å². The number of benzene rings is 2. The number of carbonyl (C=O) groups excluding carboxylic acids is 1. The number of rotatable bonds is 5. The Kier molecular flexibility index (Phi) is 4.73. The first-order valence-corrected chi connectivity index (χ1v) is 9.64. The second-order valence-electron chi connectivity index (χ2n) is 6.60. The topological polar surface area (TPSA) is 59.8 Å². The zero-order valence-electron chi connectivity index (χ0n) is 15.2. The van der Waals surface area contributed by atoms with Crippen molar-refractivity contribution in [1.29, 1.82) is 0 Å². The Morgan fingerprint density at radius 3 is 2.74 bits per heavy atom. The van der Waals surface area contributed by atoms with Crippen LogP contribution in [0.3, 0.4) is 0 Å². The summed E-state index contributed by atoms with van der Waals surface area (Å²) in [4.78, 5) is 22.5. The summed E-state index contributed by atoms with van der Waals surface area (Å²) in [5, 5.41) is 3.55. The number of hydrogen-bond donors (Lipinski definition) is 1. The third kappa shape index (κ3) is 3.75. The highest BCUT2D eigenvalue weighted by Gasteiger charge is 2.18. The highest BCUT2D eigenvalue weighted by molar-refractivity contribution is 7.15. The number of hydrogen-bond acceptors (Lipinski definition) is 4. The van der Waals surface area contributed by atoms with Crippen LogP contribution in [0.5, 0.6) is 0 Å². The largest absolute Gasteiger partial charge is 0.318 e. The zero-order chi connectivity index (χ0) is 18.8. The number of anilines is 1. The second kappa shape index (κ2) is 7.32. The van der Waals surface area contributed by atoms with Gasteiger partial charge in [-0.1, -0.05) is 42.0 Å². The van der Waals surface area contributed by atoms with Gasteiger partial charge >= 0.3 is 0 Å². The van der Waals surface area contributed by atoms with Gasteiger partial charge in [-0.15, -0.1) is 11.3 Å². The van der Waals surface area contributed by atoms with Crippen molar-refractivity contribution in [2.24, 2.45) is 0 Å². The fourth-order valence-corrected chi connectivity index (χ4v) is 3.83. The van der Waals surface area contributed by atoms with Gasteiger partial charge in [0.2, 0.25) is 5.91 Å². The molecule has 0 aliphatic heterocycles. The number of carbonyl (C=O) groups is 1. The fourth-order valence-electron chi connectivity index (χ4n) is 2.98. The summed E-state index contributed by atoms with van der Waals surface area (Å²) in [5.74, 6) is -0.102. The Balaban J connectivity index is 1.45. The molecule has 4 rings (SSSR count). The molecule has 4 aromatic rings. The molecule has 2 heterocycles. The molecule has 0 bridgehead atoms. The number of thiazole rings is 1. The standard InChI is InChI=1S/C21H20N4OS/c1-14-7-9-16(10-8-14)11-17-12-22-21(27-17)24-20(26)15(2)25-13-23-18-5-3-4-6-19(18)25/h3-10,12-13,15H,11H2,1-2H3,(H,22,24,26). The van der Waals surface area contributed by atoms with Crippen LogP contribution in [0.25, 0.3) is 11.0 Å². The maximum Gasteiger partial charge on any atom is 0.248 e. The van der Waals surface area contributed by atoms with E-state index in [1.54, 1.807) is 6.33 Å². The second-order valence-corrected chi connectivity index (χ2v) is 7.72. The van der Waals surface area contributed by atoms with Crippen molar-refractivity contribution < 1.29 is 4.79 Å². The van der Waals surface area contributed by atoms with Gasteiger partial charge < -0.3 is 9.88 Å². The molecular formula is C21H20N4OS. The Bertz CT molecular complexity index is 1080. The van der Waals surface area contributed by atoms with Gasteiger partial charge in [-0.2, -0.15) is 0 Å². The van der Waals surface area contributed by atoms with Gasteiger partial charge in [-0.25, -0.2) is 9.97 Å². The minimum atomic E-state index is -0.373.